The molecule has 0 N–H and O–H groups in total. The Labute approximate surface area is 178 Å². The van der Waals surface area contributed by atoms with Crippen LogP contribution in [-0.2, 0) is 11.3 Å². The van der Waals surface area contributed by atoms with E-state index in [0.29, 0.717) is 35.2 Å². The first kappa shape index (κ1) is 19.9. The van der Waals surface area contributed by atoms with Crippen LogP contribution in [0.25, 0.3) is 28.3 Å². The van der Waals surface area contributed by atoms with Crippen LogP contribution in [0.1, 0.15) is 24.2 Å². The van der Waals surface area contributed by atoms with Gasteiger partial charge in [-0.25, -0.2) is 9.78 Å². The molecule has 0 radical (unpaired) electrons. The molecule has 4 rings (SSSR count). The van der Waals surface area contributed by atoms with E-state index < -0.39 is 0 Å². The van der Waals surface area contributed by atoms with Gasteiger partial charge < -0.3 is 9.30 Å². The van der Waals surface area contributed by atoms with Crippen molar-refractivity contribution < 1.29 is 9.53 Å². The van der Waals surface area contributed by atoms with Gasteiger partial charge in [0.25, 0.3) is 5.56 Å². The van der Waals surface area contributed by atoms with Crippen LogP contribution in [-0.4, -0.2) is 26.5 Å². The second kappa shape index (κ2) is 8.16. The number of aromatic nitrogens is 3. The largest absolute Gasteiger partial charge is 0.462 e. The molecule has 0 aliphatic heterocycles. The number of nitrogens with zero attached hydrogens (tertiary/aromatic N) is 3. The molecule has 2 heterocycles. The van der Waals surface area contributed by atoms with Gasteiger partial charge in [-0.2, -0.15) is 0 Å². The van der Waals surface area contributed by atoms with Crippen molar-refractivity contribution in [3.63, 3.8) is 0 Å². The number of imidazole rings is 1. The van der Waals surface area contributed by atoms with E-state index in [0.717, 1.165) is 16.8 Å². The number of benzene rings is 2. The normalized spacial score (nSPS) is 11.0. The van der Waals surface area contributed by atoms with Crippen molar-refractivity contribution in [2.75, 3.05) is 6.61 Å². The fourth-order valence-electron chi connectivity index (χ4n) is 3.39. The maximum atomic E-state index is 12.8. The highest BCUT2D eigenvalue weighted by Gasteiger charge is 2.15. The summed E-state index contributed by atoms with van der Waals surface area (Å²) in [5.74, 6) is 0.199. The molecule has 0 saturated carbocycles. The minimum Gasteiger partial charge on any atom is -0.462 e. The van der Waals surface area contributed by atoms with Crippen molar-refractivity contribution in [3.05, 3.63) is 81.7 Å². The van der Waals surface area contributed by atoms with Crippen molar-refractivity contribution in [2.24, 2.45) is 0 Å². The lowest BCUT2D eigenvalue weighted by Crippen LogP contribution is -2.13. The van der Waals surface area contributed by atoms with Crippen molar-refractivity contribution in [3.8, 4) is 22.5 Å². The van der Waals surface area contributed by atoms with Crippen molar-refractivity contribution >= 4 is 23.3 Å². The number of hydrogen-bond donors (Lipinski definition) is 0. The molecule has 6 nitrogen and oxygen atoms in total. The zero-order chi connectivity index (χ0) is 21.3. The molecule has 0 saturated heterocycles. The molecule has 0 spiro atoms. The fourth-order valence-corrected chi connectivity index (χ4v) is 3.52. The predicted molar refractivity (Wildman–Crippen MR) is 117 cm³/mol. The Morgan fingerprint density at radius 1 is 1.03 bits per heavy atom. The summed E-state index contributed by atoms with van der Waals surface area (Å²) in [6, 6.07) is 15.9. The van der Waals surface area contributed by atoms with E-state index in [9.17, 15) is 9.59 Å². The number of ether oxygens (including phenoxy) is 1. The van der Waals surface area contributed by atoms with Crippen LogP contribution in [0.5, 0.6) is 0 Å². The van der Waals surface area contributed by atoms with Crippen LogP contribution in [0, 0.1) is 0 Å². The SMILES string of the molecule is CCOC(=O)c1ccc(-c2cn3c(=O)cc(-c4ccc(Cl)cc4)nc3n2CC)cc1. The summed E-state index contributed by atoms with van der Waals surface area (Å²) in [7, 11) is 0. The lowest BCUT2D eigenvalue weighted by molar-refractivity contribution is 0.0526. The number of esters is 1. The molecular formula is C23H20ClN3O3. The molecular weight excluding hydrogens is 402 g/mol. The maximum Gasteiger partial charge on any atom is 0.338 e. The Morgan fingerprint density at radius 2 is 1.70 bits per heavy atom. The van der Waals surface area contributed by atoms with Gasteiger partial charge in [0, 0.05) is 29.4 Å². The van der Waals surface area contributed by atoms with Crippen LogP contribution >= 0.6 is 11.6 Å². The maximum absolute atomic E-state index is 12.8. The highest BCUT2D eigenvalue weighted by atomic mass is 35.5. The molecule has 0 unspecified atom stereocenters. The van der Waals surface area contributed by atoms with Gasteiger partial charge in [-0.3, -0.25) is 9.20 Å². The Morgan fingerprint density at radius 3 is 2.33 bits per heavy atom. The zero-order valence-electron chi connectivity index (χ0n) is 16.6. The van der Waals surface area contributed by atoms with Crippen LogP contribution < -0.4 is 5.56 Å². The summed E-state index contributed by atoms with van der Waals surface area (Å²) >= 11 is 5.97. The lowest BCUT2D eigenvalue weighted by Gasteiger charge is -2.08. The molecule has 0 amide bonds. The number of carbonyl (C=O) groups is 1. The van der Waals surface area contributed by atoms with Gasteiger partial charge in [-0.05, 0) is 43.7 Å². The first-order chi connectivity index (χ1) is 14.5. The molecule has 0 aliphatic carbocycles. The summed E-state index contributed by atoms with van der Waals surface area (Å²) in [5, 5.41) is 0.627. The van der Waals surface area contributed by atoms with Gasteiger partial charge in [-0.15, -0.1) is 0 Å². The van der Waals surface area contributed by atoms with E-state index in [-0.39, 0.29) is 11.5 Å². The van der Waals surface area contributed by atoms with Crippen LogP contribution in [0.4, 0.5) is 0 Å². The first-order valence-corrected chi connectivity index (χ1v) is 10.1. The van der Waals surface area contributed by atoms with E-state index in [1.165, 1.54) is 10.5 Å². The highest BCUT2D eigenvalue weighted by molar-refractivity contribution is 6.30. The average Bonchev–Trinajstić information content (AvgIpc) is 3.13. The van der Waals surface area contributed by atoms with Gasteiger partial charge in [-0.1, -0.05) is 35.9 Å². The molecule has 7 heteroatoms. The van der Waals surface area contributed by atoms with E-state index in [1.807, 2.05) is 35.8 Å². The summed E-state index contributed by atoms with van der Waals surface area (Å²) < 4.78 is 8.55. The molecule has 30 heavy (non-hydrogen) atoms. The standard InChI is InChI=1S/C23H20ClN3O3/c1-3-26-20(16-5-7-17(8-6-16)22(29)30-4-2)14-27-21(28)13-19(25-23(26)27)15-9-11-18(24)12-10-15/h5-14H,3-4H2,1-2H3. The smallest absolute Gasteiger partial charge is 0.338 e. The number of rotatable bonds is 5. The fraction of sp³-hybridized carbons (Fsp3) is 0.174. The van der Waals surface area contributed by atoms with Crippen LogP contribution in [0.15, 0.2) is 65.6 Å². The molecule has 2 aromatic heterocycles. The van der Waals surface area contributed by atoms with E-state index >= 15 is 0 Å². The Balaban J connectivity index is 1.82. The van der Waals surface area contributed by atoms with Crippen molar-refractivity contribution in [2.45, 2.75) is 20.4 Å². The van der Waals surface area contributed by atoms with Crippen LogP contribution in [0.3, 0.4) is 0 Å². The summed E-state index contributed by atoms with van der Waals surface area (Å²) in [6.45, 7) is 4.73. The molecule has 2 aromatic carbocycles. The Kier molecular flexibility index (Phi) is 5.42. The van der Waals surface area contributed by atoms with E-state index in [1.54, 1.807) is 37.4 Å². The second-order valence-corrected chi connectivity index (χ2v) is 7.15. The minimum absolute atomic E-state index is 0.165. The monoisotopic (exact) mass is 421 g/mol. The molecule has 152 valence electrons. The second-order valence-electron chi connectivity index (χ2n) is 6.71. The van der Waals surface area contributed by atoms with E-state index in [4.69, 9.17) is 21.3 Å². The molecule has 0 aliphatic rings. The third kappa shape index (κ3) is 3.62. The predicted octanol–water partition coefficient (Wildman–Crippen LogP) is 4.68. The topological polar surface area (TPSA) is 65.6 Å². The van der Waals surface area contributed by atoms with Crippen molar-refractivity contribution in [1.82, 2.24) is 14.0 Å². The minimum atomic E-state index is -0.356. The average molecular weight is 422 g/mol. The number of carbonyl (C=O) groups excluding carboxylic acids is 1. The third-order valence-corrected chi connectivity index (χ3v) is 5.12. The molecule has 0 fully saturated rings. The Hall–Kier alpha value is -3.38. The molecule has 0 bridgehead atoms. The van der Waals surface area contributed by atoms with Gasteiger partial charge in [0.2, 0.25) is 5.78 Å². The third-order valence-electron chi connectivity index (χ3n) is 4.87. The number of fused-ring (bicyclic) bond motifs is 1. The molecule has 4 aromatic rings. The van der Waals surface area contributed by atoms with Gasteiger partial charge in [0.05, 0.1) is 23.6 Å². The first-order valence-electron chi connectivity index (χ1n) is 9.68. The number of aryl methyl sites for hydroxylation is 1. The van der Waals surface area contributed by atoms with Gasteiger partial charge in [0.15, 0.2) is 0 Å². The van der Waals surface area contributed by atoms with Crippen molar-refractivity contribution in [1.29, 1.82) is 0 Å². The highest BCUT2D eigenvalue weighted by Crippen LogP contribution is 2.25. The van der Waals surface area contributed by atoms with Gasteiger partial charge in [0.1, 0.15) is 0 Å². The van der Waals surface area contributed by atoms with E-state index in [2.05, 4.69) is 0 Å². The molecule has 0 atom stereocenters. The quantitative estimate of drug-likeness (QED) is 0.439. The van der Waals surface area contributed by atoms with Crippen LogP contribution in [0.2, 0.25) is 5.02 Å². The van der Waals surface area contributed by atoms with Gasteiger partial charge >= 0.3 is 5.97 Å². The zero-order valence-corrected chi connectivity index (χ0v) is 17.4. The summed E-state index contributed by atoms with van der Waals surface area (Å²) in [5.41, 5.74) is 3.45. The number of hydrogen-bond acceptors (Lipinski definition) is 4. The Bertz CT molecular complexity index is 1270. The lowest BCUT2D eigenvalue weighted by atomic mass is 10.1. The number of halogens is 1. The summed E-state index contributed by atoms with van der Waals surface area (Å²) in [4.78, 5) is 29.4. The summed E-state index contributed by atoms with van der Waals surface area (Å²) in [6.07, 6.45) is 1.78.